The van der Waals surface area contributed by atoms with E-state index in [0.29, 0.717) is 50.7 Å². The smallest absolute Gasteiger partial charge is 0.340 e. The number of nitrogens with zero attached hydrogens (tertiary/aromatic N) is 5. The van der Waals surface area contributed by atoms with Gasteiger partial charge in [-0.05, 0) is 61.5 Å². The van der Waals surface area contributed by atoms with E-state index in [4.69, 9.17) is 9.47 Å². The Morgan fingerprint density at radius 3 is 2.17 bits per heavy atom. The van der Waals surface area contributed by atoms with Crippen LogP contribution in [0.2, 0.25) is 0 Å². The predicted octanol–water partition coefficient (Wildman–Crippen LogP) is 3.66. The highest BCUT2D eigenvalue weighted by Crippen LogP contribution is 2.57. The zero-order valence-corrected chi connectivity index (χ0v) is 30.0. The first-order valence-corrected chi connectivity index (χ1v) is 16.7. The fourth-order valence-corrected chi connectivity index (χ4v) is 6.44. The predicted molar refractivity (Wildman–Crippen MR) is 198 cm³/mol. The number of Topliss-reactive ketones (excluding diaryl/α,β-unsaturated/α-hetero) is 1. The molecule has 1 spiro atoms. The summed E-state index contributed by atoms with van der Waals surface area (Å²) >= 11 is 0. The van der Waals surface area contributed by atoms with E-state index in [1.807, 2.05) is 74.4 Å². The second kappa shape index (κ2) is 14.3. The number of ether oxygens (including phenoxy) is 2. The molecule has 0 saturated carbocycles. The lowest BCUT2D eigenvalue weighted by atomic mass is 9.77. The second-order valence-corrected chi connectivity index (χ2v) is 13.2. The van der Waals surface area contributed by atoms with E-state index >= 15 is 0 Å². The van der Waals surface area contributed by atoms with E-state index < -0.39 is 35.2 Å². The SMILES string of the molecule is CC(C(=O)Nc1cccc(C(=O)C=O)c1)n1cc(CNC(=O)c2ccc3c(c2)C2(OC3=O)c3ccc(N(C)C)cc3Oc3cc(N(C)C)ccc32)nn1.O. The Morgan fingerprint density at radius 1 is 0.870 bits per heavy atom. The van der Waals surface area contributed by atoms with Gasteiger partial charge in [0, 0.05) is 85.2 Å². The number of rotatable bonds is 10. The first-order chi connectivity index (χ1) is 25.4. The maximum Gasteiger partial charge on any atom is 0.340 e. The fraction of sp³-hybridized carbons (Fsp3) is 0.205. The molecule has 7 rings (SSSR count). The molecule has 0 radical (unpaired) electrons. The van der Waals surface area contributed by atoms with Gasteiger partial charge in [-0.2, -0.15) is 0 Å². The number of hydrogen-bond donors (Lipinski definition) is 2. The summed E-state index contributed by atoms with van der Waals surface area (Å²) in [6, 6.07) is 21.5. The van der Waals surface area contributed by atoms with Crippen LogP contribution in [0.25, 0.3) is 0 Å². The Hall–Kier alpha value is -6.87. The summed E-state index contributed by atoms with van der Waals surface area (Å²) in [5.74, 6) is -1.01. The zero-order chi connectivity index (χ0) is 37.6. The topological polar surface area (TPSA) is 197 Å². The van der Waals surface area contributed by atoms with E-state index in [9.17, 15) is 24.0 Å². The molecule has 54 heavy (non-hydrogen) atoms. The molecule has 15 heteroatoms. The minimum atomic E-state index is -1.37. The highest BCUT2D eigenvalue weighted by molar-refractivity contribution is 6.33. The molecule has 2 aliphatic heterocycles. The van der Waals surface area contributed by atoms with Crippen LogP contribution in [0.3, 0.4) is 0 Å². The van der Waals surface area contributed by atoms with Crippen molar-refractivity contribution in [3.05, 3.63) is 124 Å². The molecule has 3 heterocycles. The first-order valence-electron chi connectivity index (χ1n) is 16.7. The van der Waals surface area contributed by atoms with E-state index in [0.717, 1.165) is 11.4 Å². The molecule has 5 aromatic rings. The Bertz CT molecular complexity index is 2280. The van der Waals surface area contributed by atoms with Gasteiger partial charge in [-0.15, -0.1) is 5.10 Å². The summed E-state index contributed by atoms with van der Waals surface area (Å²) in [7, 11) is 7.71. The second-order valence-electron chi connectivity index (χ2n) is 13.2. The minimum Gasteiger partial charge on any atom is -0.456 e. The number of aromatic nitrogens is 3. The van der Waals surface area contributed by atoms with Crippen molar-refractivity contribution in [2.45, 2.75) is 25.1 Å². The van der Waals surface area contributed by atoms with Crippen molar-refractivity contribution >= 4 is 46.9 Å². The Balaban J connectivity index is 0.00000497. The standard InChI is InChI=1S/C39H35N7O7.H2O/c1-22(36(49)41-25-8-6-7-23(15-25)33(48)21-47)46-20-26(42-43-46)19-40-37(50)24-9-12-29-32(16-24)39(53-38(29)51)30-13-10-27(44(2)3)17-34(30)52-35-18-28(45(4)5)11-14-31(35)39;/h6-18,20-22H,19H2,1-5H3,(H,40,50)(H,41,49);1H2. The summed E-state index contributed by atoms with van der Waals surface area (Å²) in [4.78, 5) is 66.6. The molecule has 0 saturated heterocycles. The molecule has 1 aromatic heterocycles. The van der Waals surface area contributed by atoms with Gasteiger partial charge in [0.15, 0.2) is 11.9 Å². The number of fused-ring (bicyclic) bond motifs is 6. The number of amides is 2. The molecule has 1 atom stereocenters. The summed E-state index contributed by atoms with van der Waals surface area (Å²) in [5.41, 5.74) is 3.74. The van der Waals surface area contributed by atoms with Gasteiger partial charge in [-0.25, -0.2) is 9.48 Å². The number of ketones is 1. The van der Waals surface area contributed by atoms with Crippen LogP contribution in [0.4, 0.5) is 17.1 Å². The van der Waals surface area contributed by atoms with Crippen LogP contribution in [-0.2, 0) is 26.5 Å². The van der Waals surface area contributed by atoms with Gasteiger partial charge >= 0.3 is 5.97 Å². The summed E-state index contributed by atoms with van der Waals surface area (Å²) in [5, 5.41) is 13.7. The van der Waals surface area contributed by atoms with Crippen LogP contribution in [0.15, 0.2) is 85.1 Å². The molecule has 276 valence electrons. The Morgan fingerprint density at radius 2 is 1.54 bits per heavy atom. The highest BCUT2D eigenvalue weighted by atomic mass is 16.6. The number of carbonyl (C=O) groups excluding carboxylic acids is 5. The quantitative estimate of drug-likeness (QED) is 0.0921. The number of hydrogen-bond acceptors (Lipinski definition) is 11. The maximum atomic E-state index is 13.6. The van der Waals surface area contributed by atoms with Gasteiger partial charge in [0.2, 0.25) is 11.7 Å². The van der Waals surface area contributed by atoms with Crippen LogP contribution < -0.4 is 25.2 Å². The highest BCUT2D eigenvalue weighted by Gasteiger charge is 2.54. The molecular formula is C39H37N7O8. The van der Waals surface area contributed by atoms with Gasteiger partial charge in [0.1, 0.15) is 23.2 Å². The third kappa shape index (κ3) is 6.41. The molecule has 0 bridgehead atoms. The van der Waals surface area contributed by atoms with Crippen molar-refractivity contribution < 1.29 is 38.9 Å². The normalized spacial score (nSPS) is 13.5. The van der Waals surface area contributed by atoms with E-state index in [1.54, 1.807) is 43.5 Å². The van der Waals surface area contributed by atoms with Crippen molar-refractivity contribution in [2.75, 3.05) is 43.3 Å². The zero-order valence-electron chi connectivity index (χ0n) is 30.0. The summed E-state index contributed by atoms with van der Waals surface area (Å²) in [6.07, 6.45) is 1.75. The van der Waals surface area contributed by atoms with E-state index in [2.05, 4.69) is 20.9 Å². The van der Waals surface area contributed by atoms with Crippen LogP contribution in [0.1, 0.15) is 66.4 Å². The molecular weight excluding hydrogens is 694 g/mol. The van der Waals surface area contributed by atoms with Crippen molar-refractivity contribution in [1.29, 1.82) is 0 Å². The minimum absolute atomic E-state index is 0. The van der Waals surface area contributed by atoms with Crippen LogP contribution in [0, 0.1) is 0 Å². The molecule has 15 nitrogen and oxygen atoms in total. The van der Waals surface area contributed by atoms with Crippen LogP contribution >= 0.6 is 0 Å². The van der Waals surface area contributed by atoms with Gasteiger partial charge in [-0.1, -0.05) is 17.3 Å². The van der Waals surface area contributed by atoms with Gasteiger partial charge in [0.05, 0.1) is 18.3 Å². The first kappa shape index (κ1) is 36.9. The molecule has 2 aliphatic rings. The molecule has 1 unspecified atom stereocenters. The maximum absolute atomic E-state index is 13.6. The lowest BCUT2D eigenvalue weighted by Gasteiger charge is -2.37. The van der Waals surface area contributed by atoms with Crippen molar-refractivity contribution in [3.8, 4) is 11.5 Å². The van der Waals surface area contributed by atoms with Crippen molar-refractivity contribution in [1.82, 2.24) is 20.3 Å². The number of aldehydes is 1. The monoisotopic (exact) mass is 731 g/mol. The number of anilines is 3. The van der Waals surface area contributed by atoms with Gasteiger partial charge in [-0.3, -0.25) is 19.2 Å². The molecule has 4 N–H and O–H groups in total. The van der Waals surface area contributed by atoms with Gasteiger partial charge < -0.3 is 35.4 Å². The van der Waals surface area contributed by atoms with Crippen molar-refractivity contribution in [3.63, 3.8) is 0 Å². The van der Waals surface area contributed by atoms with E-state index in [1.165, 1.54) is 16.8 Å². The largest absolute Gasteiger partial charge is 0.456 e. The number of nitrogens with one attached hydrogen (secondary N) is 2. The van der Waals surface area contributed by atoms with Crippen molar-refractivity contribution in [2.24, 2.45) is 0 Å². The van der Waals surface area contributed by atoms with Crippen LogP contribution in [-0.4, -0.2) is 78.5 Å². The lowest BCUT2D eigenvalue weighted by Crippen LogP contribution is -2.33. The van der Waals surface area contributed by atoms with Crippen LogP contribution in [0.5, 0.6) is 11.5 Å². The fourth-order valence-electron chi connectivity index (χ4n) is 6.44. The lowest BCUT2D eigenvalue weighted by molar-refractivity contribution is -0.119. The average molecular weight is 732 g/mol. The molecule has 0 aliphatic carbocycles. The summed E-state index contributed by atoms with van der Waals surface area (Å²) < 4.78 is 14.1. The molecule has 2 amide bonds. The average Bonchev–Trinajstić information content (AvgIpc) is 3.75. The third-order valence-corrected chi connectivity index (χ3v) is 9.35. The number of benzene rings is 4. The number of esters is 1. The molecule has 4 aromatic carbocycles. The Kier molecular flexibility index (Phi) is 9.76. The number of carbonyl (C=O) groups is 5. The van der Waals surface area contributed by atoms with Gasteiger partial charge in [0.25, 0.3) is 5.91 Å². The summed E-state index contributed by atoms with van der Waals surface area (Å²) in [6.45, 7) is 1.62. The molecule has 0 fully saturated rings. The van der Waals surface area contributed by atoms with E-state index in [-0.39, 0.29) is 23.9 Å². The Labute approximate surface area is 309 Å². The third-order valence-electron chi connectivity index (χ3n) is 9.35.